The number of anilines is 3. The molecule has 9 rings (SSSR count). The van der Waals surface area contributed by atoms with E-state index >= 15 is 0 Å². The molecule has 452 valence electrons. The van der Waals surface area contributed by atoms with Gasteiger partial charge in [0.1, 0.15) is 30.0 Å². The quantitative estimate of drug-likeness (QED) is 0.0306. The van der Waals surface area contributed by atoms with Crippen LogP contribution in [0.4, 0.5) is 26.7 Å². The van der Waals surface area contributed by atoms with Gasteiger partial charge in [-0.3, -0.25) is 23.9 Å². The highest BCUT2D eigenvalue weighted by atomic mass is 32.2. The minimum atomic E-state index is -4.05. The van der Waals surface area contributed by atoms with E-state index < -0.39 is 105 Å². The zero-order valence-electron chi connectivity index (χ0n) is 47.9. The van der Waals surface area contributed by atoms with Gasteiger partial charge in [-0.25, -0.2) is 32.6 Å². The molecule has 1 aliphatic carbocycles. The summed E-state index contributed by atoms with van der Waals surface area (Å²) in [5, 5.41) is 29.0. The van der Waals surface area contributed by atoms with Crippen molar-refractivity contribution in [2.24, 2.45) is 5.92 Å². The Morgan fingerprint density at radius 2 is 1.63 bits per heavy atom. The molecular formula is C60H67N11O13S2. The molecule has 4 aliphatic rings. The van der Waals surface area contributed by atoms with Gasteiger partial charge in [-0.1, -0.05) is 64.1 Å². The number of carboxylic acid groups (broad SMARTS) is 1. The highest BCUT2D eigenvalue weighted by molar-refractivity contribution is 7.93. The maximum absolute atomic E-state index is 14.4. The summed E-state index contributed by atoms with van der Waals surface area (Å²) < 4.78 is 42.8. The van der Waals surface area contributed by atoms with E-state index in [0.29, 0.717) is 53.4 Å². The average Bonchev–Trinajstić information content (AvgIpc) is 1.41. The van der Waals surface area contributed by atoms with Crippen molar-refractivity contribution in [2.45, 2.75) is 121 Å². The molecule has 0 bridgehead atoms. The molecular weight excluding hydrogens is 1150 g/mol. The first-order valence-electron chi connectivity index (χ1n) is 28.3. The number of hydrogen-bond donors (Lipinski definition) is 9. The van der Waals surface area contributed by atoms with E-state index in [4.69, 9.17) is 26.7 Å². The second-order valence-electron chi connectivity index (χ2n) is 21.7. The second-order valence-corrected chi connectivity index (χ2v) is 24.0. The Hall–Kier alpha value is -9.17. The number of ether oxygens (including phenoxy) is 2. The summed E-state index contributed by atoms with van der Waals surface area (Å²) in [6.45, 7) is 9.14. The van der Waals surface area contributed by atoms with Crippen molar-refractivity contribution in [3.05, 3.63) is 141 Å². The lowest BCUT2D eigenvalue weighted by atomic mass is 9.85. The van der Waals surface area contributed by atoms with Crippen molar-refractivity contribution in [1.29, 1.82) is 0 Å². The third kappa shape index (κ3) is 13.5. The first-order chi connectivity index (χ1) is 41.1. The zero-order chi connectivity index (χ0) is 61.6. The SMILES string of the molecule is CCCNC(=O)NC1=CC(S(=O)(=O)Nc2cccc(C(CC(=O)O)NC(=O)Nc3ccc(NC(=S)N[C@@H](C)C(=O)N4CCC[C@H]4C(=O)N[C@H](C(=O)O[C@]4(CC)C(=O)OCc5c4cc4n(c5=O)Cc5cc6ccccc6nc5-4)C(C)C)cc3)c2)CC=C1. The van der Waals surface area contributed by atoms with E-state index in [0.717, 1.165) is 22.9 Å². The highest BCUT2D eigenvalue weighted by Gasteiger charge is 2.52. The number of nitrogens with zero attached hydrogens (tertiary/aromatic N) is 3. The monoisotopic (exact) mass is 1210 g/mol. The Labute approximate surface area is 501 Å². The normalized spacial score (nSPS) is 18.6. The van der Waals surface area contributed by atoms with Gasteiger partial charge in [0.2, 0.25) is 27.4 Å². The number of thiocarbonyl (C=S) groups is 1. The number of hydrogen-bond acceptors (Lipinski definition) is 14. The van der Waals surface area contributed by atoms with Crippen LogP contribution in [0.15, 0.2) is 114 Å². The van der Waals surface area contributed by atoms with Crippen LogP contribution in [-0.2, 0) is 62.2 Å². The number of aliphatic carboxylic acids is 1. The number of carbonyl (C=O) groups excluding carboxylic acids is 6. The van der Waals surface area contributed by atoms with E-state index in [1.54, 1.807) is 80.8 Å². The highest BCUT2D eigenvalue weighted by Crippen LogP contribution is 2.41. The summed E-state index contributed by atoms with van der Waals surface area (Å²) in [5.41, 5.74) is 2.05. The molecule has 86 heavy (non-hydrogen) atoms. The Morgan fingerprint density at radius 3 is 2.35 bits per heavy atom. The molecule has 6 amide bonds. The van der Waals surface area contributed by atoms with Crippen molar-refractivity contribution < 1.29 is 56.6 Å². The van der Waals surface area contributed by atoms with Crippen LogP contribution in [0.3, 0.4) is 0 Å². The predicted molar refractivity (Wildman–Crippen MR) is 324 cm³/mol. The summed E-state index contributed by atoms with van der Waals surface area (Å²) >= 11 is 5.55. The standard InChI is InChI=1S/C60H67N11O13S2/c1-6-24-61-57(79)64-40-15-11-17-42(28-40)86(81,82)69-41-16-10-14-36(27-41)46(30-49(72)73)67-58(80)63-38-20-22-39(23-21-38)65-59(85)62-34(5)53(75)70-25-12-19-47(70)52(74)68-50(33(3)4)55(77)84-60(7-2)44-29-48-51-37(26-35-13-8-9-18-45(35)66-51)31-71(48)54(76)43(44)32-83-56(60)78/h8-11,13-16,18,20-23,26-29,33-34,42,46-47,50,69H,6-7,12,17,19,24-25,30-32H2,1-5H3,(H,68,74)(H,72,73)(H2,61,64,79)(H2,62,65,85)(H2,63,67,80)/t34-,42?,46?,47-,50-,60-/m0/s1. The lowest BCUT2D eigenvalue weighted by molar-refractivity contribution is -0.191. The van der Waals surface area contributed by atoms with Gasteiger partial charge in [-0.15, -0.1) is 0 Å². The molecule has 26 heteroatoms. The van der Waals surface area contributed by atoms with E-state index in [-0.39, 0.29) is 54.5 Å². The summed E-state index contributed by atoms with van der Waals surface area (Å²) in [4.78, 5) is 114. The number of amides is 6. The van der Waals surface area contributed by atoms with E-state index in [1.165, 1.54) is 29.2 Å². The average molecular weight is 1210 g/mol. The number of likely N-dealkylation sites (tertiary alicyclic amines) is 1. The number of urea groups is 2. The van der Waals surface area contributed by atoms with Gasteiger partial charge in [-0.05, 0) is 129 Å². The summed E-state index contributed by atoms with van der Waals surface area (Å²) in [6, 6.07) is 18.0. The maximum atomic E-state index is 14.4. The predicted octanol–water partition coefficient (Wildman–Crippen LogP) is 6.14. The lowest BCUT2D eigenvalue weighted by Crippen LogP contribution is -2.57. The van der Waals surface area contributed by atoms with Crippen LogP contribution in [0.1, 0.15) is 101 Å². The molecule has 0 saturated carbocycles. The Kier molecular flexibility index (Phi) is 18.5. The number of nitrogens with one attached hydrogen (secondary N) is 8. The minimum absolute atomic E-state index is 0.0584. The third-order valence-corrected chi connectivity index (χ3v) is 17.2. The van der Waals surface area contributed by atoms with E-state index in [2.05, 4.69) is 41.9 Å². The lowest BCUT2D eigenvalue weighted by Gasteiger charge is -2.37. The van der Waals surface area contributed by atoms with Crippen LogP contribution in [0.2, 0.25) is 0 Å². The first-order valence-corrected chi connectivity index (χ1v) is 30.2. The molecule has 5 heterocycles. The number of aromatic nitrogens is 2. The molecule has 1 saturated heterocycles. The number of fused-ring (bicyclic) bond motifs is 5. The summed E-state index contributed by atoms with van der Waals surface area (Å²) in [5.74, 6) is -4.62. The van der Waals surface area contributed by atoms with Crippen LogP contribution >= 0.6 is 12.2 Å². The number of para-hydroxylation sites is 1. The Balaban J connectivity index is 0.781. The van der Waals surface area contributed by atoms with Crippen LogP contribution in [-0.4, -0.2) is 111 Å². The fourth-order valence-electron chi connectivity index (χ4n) is 10.9. The molecule has 1 fully saturated rings. The van der Waals surface area contributed by atoms with Crippen molar-refractivity contribution in [3.63, 3.8) is 0 Å². The van der Waals surface area contributed by atoms with Gasteiger partial charge < -0.3 is 61.3 Å². The van der Waals surface area contributed by atoms with Gasteiger partial charge in [0, 0.05) is 52.4 Å². The molecule has 24 nitrogen and oxygen atoms in total. The summed E-state index contributed by atoms with van der Waals surface area (Å²) in [7, 11) is -4.05. The second kappa shape index (κ2) is 26.0. The molecule has 3 aliphatic heterocycles. The number of benzene rings is 3. The number of sulfonamides is 1. The van der Waals surface area contributed by atoms with Crippen molar-refractivity contribution in [1.82, 2.24) is 41.0 Å². The molecule has 2 aromatic heterocycles. The minimum Gasteiger partial charge on any atom is -0.481 e. The molecule has 3 aromatic carbocycles. The van der Waals surface area contributed by atoms with Crippen LogP contribution < -0.4 is 47.5 Å². The largest absolute Gasteiger partial charge is 0.481 e. The van der Waals surface area contributed by atoms with Gasteiger partial charge in [0.05, 0.1) is 41.5 Å². The number of pyridine rings is 2. The molecule has 0 radical (unpaired) electrons. The van der Waals surface area contributed by atoms with E-state index in [1.807, 2.05) is 37.3 Å². The van der Waals surface area contributed by atoms with Gasteiger partial charge in [0.25, 0.3) is 5.56 Å². The van der Waals surface area contributed by atoms with Crippen LogP contribution in [0.25, 0.3) is 22.3 Å². The first kappa shape index (κ1) is 61.4. The maximum Gasteiger partial charge on any atom is 0.355 e. The van der Waals surface area contributed by atoms with E-state index in [9.17, 15) is 51.9 Å². The van der Waals surface area contributed by atoms with Crippen molar-refractivity contribution in [3.8, 4) is 11.4 Å². The number of esters is 2. The zero-order valence-corrected chi connectivity index (χ0v) is 49.5. The molecule has 5 aromatic rings. The number of allylic oxidation sites excluding steroid dienone is 2. The molecule has 6 atom stereocenters. The molecule has 9 N–H and O–H groups in total. The van der Waals surface area contributed by atoms with Crippen molar-refractivity contribution in [2.75, 3.05) is 28.4 Å². The number of carboxylic acids is 1. The fraction of sp³-hybridized carbons (Fsp3) is 0.367. The molecule has 2 unspecified atom stereocenters. The fourth-order valence-corrected chi connectivity index (χ4v) is 12.4. The van der Waals surface area contributed by atoms with Gasteiger partial charge in [-0.2, -0.15) is 0 Å². The number of cyclic esters (lactones) is 1. The Bertz CT molecular complexity index is 3780. The van der Waals surface area contributed by atoms with Crippen LogP contribution in [0.5, 0.6) is 0 Å². The molecule has 0 spiro atoms. The topological polar surface area (TPSA) is 327 Å². The van der Waals surface area contributed by atoms with Gasteiger partial charge >= 0.3 is 30.0 Å². The number of rotatable bonds is 20. The Morgan fingerprint density at radius 1 is 0.884 bits per heavy atom. The summed E-state index contributed by atoms with van der Waals surface area (Å²) in [6.07, 6.45) is 5.68. The smallest absolute Gasteiger partial charge is 0.355 e. The van der Waals surface area contributed by atoms with Crippen LogP contribution in [0, 0.1) is 5.92 Å². The number of carbonyl (C=O) groups is 7. The van der Waals surface area contributed by atoms with Crippen molar-refractivity contribution >= 4 is 97.1 Å². The van der Waals surface area contributed by atoms with Gasteiger partial charge in [0.15, 0.2) is 5.11 Å². The third-order valence-electron chi connectivity index (χ3n) is 15.3.